The maximum absolute atomic E-state index is 13.2. The van der Waals surface area contributed by atoms with Gasteiger partial charge in [-0.1, -0.05) is 0 Å². The minimum Gasteiger partial charge on any atom is -0.327 e. The summed E-state index contributed by atoms with van der Waals surface area (Å²) in [6.07, 6.45) is 4.00. The van der Waals surface area contributed by atoms with Crippen LogP contribution in [-0.2, 0) is 0 Å². The van der Waals surface area contributed by atoms with Gasteiger partial charge in [0.05, 0.1) is 17.4 Å². The van der Waals surface area contributed by atoms with Gasteiger partial charge in [-0.2, -0.15) is 0 Å². The molecule has 5 heteroatoms. The predicted molar refractivity (Wildman–Crippen MR) is 68.1 cm³/mol. The van der Waals surface area contributed by atoms with E-state index in [0.717, 1.165) is 37.0 Å². The number of piperidine rings is 1. The monoisotopic (exact) mass is 255 g/mol. The van der Waals surface area contributed by atoms with Crippen molar-refractivity contribution in [2.24, 2.45) is 0 Å². The number of benzene rings is 1. The summed E-state index contributed by atoms with van der Waals surface area (Å²) in [5.74, 6) is -0.191. The molecule has 17 heavy (non-hydrogen) atoms. The van der Waals surface area contributed by atoms with Gasteiger partial charge in [-0.25, -0.2) is 9.37 Å². The van der Waals surface area contributed by atoms with Crippen LogP contribution in [0.15, 0.2) is 24.5 Å². The van der Waals surface area contributed by atoms with Crippen LogP contribution in [0.4, 0.5) is 4.39 Å². The molecule has 0 bridgehead atoms. The second-order valence-electron chi connectivity index (χ2n) is 4.27. The van der Waals surface area contributed by atoms with Crippen molar-refractivity contribution in [3.63, 3.8) is 0 Å². The van der Waals surface area contributed by atoms with Crippen LogP contribution >= 0.6 is 12.4 Å². The van der Waals surface area contributed by atoms with Gasteiger partial charge < -0.3 is 9.88 Å². The average Bonchev–Trinajstić information content (AvgIpc) is 2.73. The van der Waals surface area contributed by atoms with Crippen LogP contribution in [0.1, 0.15) is 18.9 Å². The quantitative estimate of drug-likeness (QED) is 0.849. The smallest absolute Gasteiger partial charge is 0.125 e. The largest absolute Gasteiger partial charge is 0.327 e. The second-order valence-corrected chi connectivity index (χ2v) is 4.27. The molecule has 0 atom stereocenters. The van der Waals surface area contributed by atoms with Gasteiger partial charge in [-0.3, -0.25) is 0 Å². The Balaban J connectivity index is 0.00000108. The fourth-order valence-electron chi connectivity index (χ4n) is 2.37. The standard InChI is InChI=1S/C12H14FN3.ClH/c13-9-1-2-11-12(7-9)16(8-15-11)10-3-5-14-6-4-10;/h1-2,7-8,10,14H,3-6H2;1H. The summed E-state index contributed by atoms with van der Waals surface area (Å²) in [5.41, 5.74) is 1.78. The van der Waals surface area contributed by atoms with E-state index in [1.54, 1.807) is 12.1 Å². The van der Waals surface area contributed by atoms with E-state index in [4.69, 9.17) is 0 Å². The molecule has 3 rings (SSSR count). The fraction of sp³-hybridized carbons (Fsp3) is 0.417. The number of nitrogens with zero attached hydrogens (tertiary/aromatic N) is 2. The van der Waals surface area contributed by atoms with Crippen molar-refractivity contribution in [1.29, 1.82) is 0 Å². The molecule has 1 saturated heterocycles. The molecule has 1 aromatic carbocycles. The number of hydrogen-bond donors (Lipinski definition) is 1. The highest BCUT2D eigenvalue weighted by molar-refractivity contribution is 5.85. The average molecular weight is 256 g/mol. The van der Waals surface area contributed by atoms with Crippen molar-refractivity contribution in [2.75, 3.05) is 13.1 Å². The second kappa shape index (κ2) is 5.02. The van der Waals surface area contributed by atoms with Gasteiger partial charge in [0, 0.05) is 6.04 Å². The number of nitrogens with one attached hydrogen (secondary N) is 1. The summed E-state index contributed by atoms with van der Waals surface area (Å²) in [7, 11) is 0. The Labute approximate surface area is 105 Å². The Morgan fingerprint density at radius 2 is 2.06 bits per heavy atom. The Bertz CT molecular complexity index is 505. The lowest BCUT2D eigenvalue weighted by molar-refractivity contribution is 0.374. The first-order chi connectivity index (χ1) is 7.84. The minimum absolute atomic E-state index is 0. The van der Waals surface area contributed by atoms with Crippen molar-refractivity contribution in [3.8, 4) is 0 Å². The van der Waals surface area contributed by atoms with Crippen LogP contribution in [0.2, 0.25) is 0 Å². The summed E-state index contributed by atoms with van der Waals surface area (Å²) >= 11 is 0. The first kappa shape index (κ1) is 12.3. The van der Waals surface area contributed by atoms with Crippen LogP contribution in [0.5, 0.6) is 0 Å². The predicted octanol–water partition coefficient (Wildman–Crippen LogP) is 2.52. The Morgan fingerprint density at radius 3 is 2.82 bits per heavy atom. The van der Waals surface area contributed by atoms with Gasteiger partial charge in [0.15, 0.2) is 0 Å². The zero-order chi connectivity index (χ0) is 11.0. The summed E-state index contributed by atoms with van der Waals surface area (Å²) in [6, 6.07) is 5.22. The highest BCUT2D eigenvalue weighted by atomic mass is 35.5. The number of rotatable bonds is 1. The van der Waals surface area contributed by atoms with Crippen LogP contribution in [0, 0.1) is 5.82 Å². The zero-order valence-electron chi connectivity index (χ0n) is 9.40. The van der Waals surface area contributed by atoms with E-state index in [0.29, 0.717) is 6.04 Å². The molecule has 0 spiro atoms. The van der Waals surface area contributed by atoms with Crippen LogP contribution in [0.3, 0.4) is 0 Å². The molecule has 0 unspecified atom stereocenters. The van der Waals surface area contributed by atoms with Gasteiger partial charge in [0.2, 0.25) is 0 Å². The summed E-state index contributed by atoms with van der Waals surface area (Å²) in [4.78, 5) is 4.31. The molecule has 0 radical (unpaired) electrons. The topological polar surface area (TPSA) is 29.9 Å². The Hall–Kier alpha value is -1.13. The summed E-state index contributed by atoms with van der Waals surface area (Å²) in [5, 5.41) is 3.33. The summed E-state index contributed by atoms with van der Waals surface area (Å²) < 4.78 is 15.3. The Kier molecular flexibility index (Phi) is 3.64. The third-order valence-electron chi connectivity index (χ3n) is 3.24. The SMILES string of the molecule is Cl.Fc1ccc2ncn(C3CCNCC3)c2c1. The van der Waals surface area contributed by atoms with E-state index in [-0.39, 0.29) is 18.2 Å². The molecule has 0 saturated carbocycles. The maximum Gasteiger partial charge on any atom is 0.125 e. The molecular weight excluding hydrogens is 241 g/mol. The van der Waals surface area contributed by atoms with Crippen LogP contribution in [0.25, 0.3) is 11.0 Å². The highest BCUT2D eigenvalue weighted by Gasteiger charge is 2.16. The molecule has 1 N–H and O–H groups in total. The number of hydrogen-bond acceptors (Lipinski definition) is 2. The van der Waals surface area contributed by atoms with E-state index in [2.05, 4.69) is 14.9 Å². The minimum atomic E-state index is -0.191. The van der Waals surface area contributed by atoms with Gasteiger partial charge in [0.1, 0.15) is 5.82 Å². The fourth-order valence-corrected chi connectivity index (χ4v) is 2.37. The van der Waals surface area contributed by atoms with E-state index in [1.165, 1.54) is 6.07 Å². The molecular formula is C12H15ClFN3. The molecule has 1 aromatic heterocycles. The van der Waals surface area contributed by atoms with Crippen molar-refractivity contribution in [3.05, 3.63) is 30.3 Å². The number of imidazole rings is 1. The third kappa shape index (κ3) is 2.28. The van der Waals surface area contributed by atoms with Gasteiger partial charge >= 0.3 is 0 Å². The van der Waals surface area contributed by atoms with Gasteiger partial charge in [-0.15, -0.1) is 12.4 Å². The van der Waals surface area contributed by atoms with Gasteiger partial charge in [0.25, 0.3) is 0 Å². The summed E-state index contributed by atoms with van der Waals surface area (Å²) in [6.45, 7) is 2.05. The lowest BCUT2D eigenvalue weighted by atomic mass is 10.1. The van der Waals surface area contributed by atoms with E-state index >= 15 is 0 Å². The molecule has 0 aliphatic carbocycles. The molecule has 1 aliphatic rings. The van der Waals surface area contributed by atoms with Crippen LogP contribution < -0.4 is 5.32 Å². The lowest BCUT2D eigenvalue weighted by Gasteiger charge is -2.24. The molecule has 2 aromatic rings. The van der Waals surface area contributed by atoms with Crippen LogP contribution in [-0.4, -0.2) is 22.6 Å². The molecule has 1 aliphatic heterocycles. The van der Waals surface area contributed by atoms with Gasteiger partial charge in [-0.05, 0) is 44.1 Å². The van der Waals surface area contributed by atoms with E-state index in [9.17, 15) is 4.39 Å². The number of fused-ring (bicyclic) bond motifs is 1. The number of halogens is 2. The van der Waals surface area contributed by atoms with Crippen molar-refractivity contribution in [1.82, 2.24) is 14.9 Å². The normalized spacial score (nSPS) is 17.0. The maximum atomic E-state index is 13.2. The number of aromatic nitrogens is 2. The lowest BCUT2D eigenvalue weighted by Crippen LogP contribution is -2.29. The molecule has 1 fully saturated rings. The van der Waals surface area contributed by atoms with E-state index < -0.39 is 0 Å². The highest BCUT2D eigenvalue weighted by Crippen LogP contribution is 2.24. The molecule has 2 heterocycles. The molecule has 3 nitrogen and oxygen atoms in total. The zero-order valence-corrected chi connectivity index (χ0v) is 10.2. The molecule has 0 amide bonds. The molecule has 92 valence electrons. The first-order valence-corrected chi connectivity index (χ1v) is 5.67. The van der Waals surface area contributed by atoms with E-state index in [1.807, 2.05) is 6.33 Å². The van der Waals surface area contributed by atoms with Crippen molar-refractivity contribution < 1.29 is 4.39 Å². The first-order valence-electron chi connectivity index (χ1n) is 5.67. The van der Waals surface area contributed by atoms with Crippen molar-refractivity contribution in [2.45, 2.75) is 18.9 Å². The Morgan fingerprint density at radius 1 is 1.29 bits per heavy atom. The third-order valence-corrected chi connectivity index (χ3v) is 3.24. The van der Waals surface area contributed by atoms with Crippen molar-refractivity contribution >= 4 is 23.4 Å².